The van der Waals surface area contributed by atoms with Crippen LogP contribution in [0.25, 0.3) is 0 Å². The zero-order chi connectivity index (χ0) is 14.1. The third-order valence-corrected chi connectivity index (χ3v) is 3.82. The lowest BCUT2D eigenvalue weighted by Gasteiger charge is -2.19. The van der Waals surface area contributed by atoms with Crippen molar-refractivity contribution in [2.45, 2.75) is 12.8 Å². The molecule has 4 N–H and O–H groups in total. The molecule has 2 aromatic rings. The van der Waals surface area contributed by atoms with Crippen molar-refractivity contribution in [3.63, 3.8) is 0 Å². The van der Waals surface area contributed by atoms with Crippen molar-refractivity contribution in [2.24, 2.45) is 0 Å². The van der Waals surface area contributed by atoms with E-state index in [0.717, 1.165) is 33.5 Å². The van der Waals surface area contributed by atoms with Gasteiger partial charge in [-0.25, -0.2) is 0 Å². The summed E-state index contributed by atoms with van der Waals surface area (Å²) in [7, 11) is 0. The number of nitrogen functional groups attached to an aromatic ring is 1. The van der Waals surface area contributed by atoms with Crippen LogP contribution in [0.15, 0.2) is 40.9 Å². The molecule has 0 spiro atoms. The molecule has 1 heterocycles. The fourth-order valence-electron chi connectivity index (χ4n) is 2.24. The molecule has 1 aliphatic rings. The Morgan fingerprint density at radius 2 is 1.90 bits per heavy atom. The molecule has 3 rings (SSSR count). The Morgan fingerprint density at radius 3 is 2.65 bits per heavy atom. The van der Waals surface area contributed by atoms with Gasteiger partial charge in [-0.2, -0.15) is 0 Å². The van der Waals surface area contributed by atoms with Crippen LogP contribution < -0.4 is 16.4 Å². The third kappa shape index (κ3) is 2.63. The van der Waals surface area contributed by atoms with Crippen molar-refractivity contribution in [3.8, 4) is 0 Å². The topological polar surface area (TPSA) is 67.1 Å². The molecule has 5 heteroatoms. The highest BCUT2D eigenvalue weighted by Crippen LogP contribution is 2.32. The van der Waals surface area contributed by atoms with Gasteiger partial charge in [-0.15, -0.1) is 0 Å². The molecule has 102 valence electrons. The predicted octanol–water partition coefficient (Wildman–Crippen LogP) is 3.66. The van der Waals surface area contributed by atoms with Gasteiger partial charge in [-0.1, -0.05) is 15.9 Å². The summed E-state index contributed by atoms with van der Waals surface area (Å²) >= 11 is 3.41. The Hall–Kier alpha value is -2.01. The normalized spacial score (nSPS) is 13.6. The van der Waals surface area contributed by atoms with Gasteiger partial charge in [0, 0.05) is 22.3 Å². The highest BCUT2D eigenvalue weighted by molar-refractivity contribution is 9.10. The molecule has 0 aliphatic carbocycles. The molecule has 0 saturated carbocycles. The maximum atomic E-state index is 11.4. The number of benzene rings is 2. The number of hydrogen-bond donors (Lipinski definition) is 3. The average molecular weight is 332 g/mol. The van der Waals surface area contributed by atoms with Gasteiger partial charge in [-0.05, 0) is 48.4 Å². The maximum absolute atomic E-state index is 11.4. The van der Waals surface area contributed by atoms with E-state index in [4.69, 9.17) is 5.73 Å². The number of amides is 1. The fraction of sp³-hybridized carbons (Fsp3) is 0.133. The standard InChI is InChI=1S/C15H14BrN3O/c16-10-2-4-11(5-3-10)18-14-7-9-1-6-15(20)19-13(9)8-12(14)17/h2-5,7-8,18H,1,6,17H2,(H,19,20). The van der Waals surface area contributed by atoms with E-state index in [1.54, 1.807) is 0 Å². The zero-order valence-corrected chi connectivity index (χ0v) is 12.3. The van der Waals surface area contributed by atoms with Crippen molar-refractivity contribution in [1.29, 1.82) is 0 Å². The first-order valence-electron chi connectivity index (χ1n) is 6.36. The SMILES string of the molecule is Nc1cc2c(cc1Nc1ccc(Br)cc1)CCC(=O)N2. The van der Waals surface area contributed by atoms with Crippen LogP contribution in [0.1, 0.15) is 12.0 Å². The number of nitrogens with one attached hydrogen (secondary N) is 2. The Kier molecular flexibility index (Phi) is 3.36. The molecule has 0 unspecified atom stereocenters. The first kappa shape index (κ1) is 13.0. The highest BCUT2D eigenvalue weighted by atomic mass is 79.9. The number of rotatable bonds is 2. The Morgan fingerprint density at radius 1 is 1.15 bits per heavy atom. The van der Waals surface area contributed by atoms with Gasteiger partial charge in [-0.3, -0.25) is 4.79 Å². The lowest BCUT2D eigenvalue weighted by Crippen LogP contribution is -2.19. The number of halogens is 1. The minimum absolute atomic E-state index is 0.0468. The summed E-state index contributed by atoms with van der Waals surface area (Å²) in [6, 6.07) is 11.7. The van der Waals surface area contributed by atoms with E-state index in [1.807, 2.05) is 36.4 Å². The van der Waals surface area contributed by atoms with E-state index in [2.05, 4.69) is 26.6 Å². The minimum atomic E-state index is 0.0468. The molecule has 0 bridgehead atoms. The zero-order valence-electron chi connectivity index (χ0n) is 10.7. The molecule has 4 nitrogen and oxygen atoms in total. The first-order valence-corrected chi connectivity index (χ1v) is 7.16. The molecule has 1 aliphatic heterocycles. The van der Waals surface area contributed by atoms with Gasteiger partial charge < -0.3 is 16.4 Å². The van der Waals surface area contributed by atoms with Crippen LogP contribution in [-0.2, 0) is 11.2 Å². The summed E-state index contributed by atoms with van der Waals surface area (Å²) in [4.78, 5) is 11.4. The second-order valence-corrected chi connectivity index (χ2v) is 5.69. The van der Waals surface area contributed by atoms with Crippen molar-refractivity contribution < 1.29 is 4.79 Å². The fourth-order valence-corrected chi connectivity index (χ4v) is 2.51. The summed E-state index contributed by atoms with van der Waals surface area (Å²) in [6.45, 7) is 0. The van der Waals surface area contributed by atoms with Crippen molar-refractivity contribution in [2.75, 3.05) is 16.4 Å². The van der Waals surface area contributed by atoms with Crippen LogP contribution in [-0.4, -0.2) is 5.91 Å². The molecule has 0 fully saturated rings. The number of anilines is 4. The molecule has 0 atom stereocenters. The van der Waals surface area contributed by atoms with Gasteiger partial charge in [0.05, 0.1) is 11.4 Å². The molecular weight excluding hydrogens is 318 g/mol. The molecule has 0 radical (unpaired) electrons. The molecule has 0 aromatic heterocycles. The number of aryl methyl sites for hydroxylation is 1. The third-order valence-electron chi connectivity index (χ3n) is 3.29. The quantitative estimate of drug-likeness (QED) is 0.735. The molecule has 0 saturated heterocycles. The summed E-state index contributed by atoms with van der Waals surface area (Å²) in [5.41, 5.74) is 10.4. The van der Waals surface area contributed by atoms with Crippen molar-refractivity contribution >= 4 is 44.6 Å². The number of fused-ring (bicyclic) bond motifs is 1. The van der Waals surface area contributed by atoms with E-state index in [-0.39, 0.29) is 5.91 Å². The molecular formula is C15H14BrN3O. The van der Waals surface area contributed by atoms with E-state index < -0.39 is 0 Å². The highest BCUT2D eigenvalue weighted by Gasteiger charge is 2.16. The summed E-state index contributed by atoms with van der Waals surface area (Å²) in [6.07, 6.45) is 1.27. The maximum Gasteiger partial charge on any atom is 0.224 e. The number of carbonyl (C=O) groups is 1. The number of hydrogen-bond acceptors (Lipinski definition) is 3. The summed E-state index contributed by atoms with van der Waals surface area (Å²) in [5.74, 6) is 0.0468. The van der Waals surface area contributed by atoms with Crippen LogP contribution in [0.3, 0.4) is 0 Å². The lowest BCUT2D eigenvalue weighted by atomic mass is 10.0. The average Bonchev–Trinajstić information content (AvgIpc) is 2.42. The van der Waals surface area contributed by atoms with Crippen LogP contribution in [0.5, 0.6) is 0 Å². The van der Waals surface area contributed by atoms with E-state index >= 15 is 0 Å². The predicted molar refractivity (Wildman–Crippen MR) is 85.2 cm³/mol. The summed E-state index contributed by atoms with van der Waals surface area (Å²) in [5, 5.41) is 6.15. The van der Waals surface area contributed by atoms with Gasteiger partial charge in [0.25, 0.3) is 0 Å². The second-order valence-electron chi connectivity index (χ2n) is 4.78. The largest absolute Gasteiger partial charge is 0.397 e. The Bertz CT molecular complexity index is 668. The molecule has 2 aromatic carbocycles. The minimum Gasteiger partial charge on any atom is -0.397 e. The first-order chi connectivity index (χ1) is 9.61. The van der Waals surface area contributed by atoms with E-state index in [9.17, 15) is 4.79 Å². The molecule has 20 heavy (non-hydrogen) atoms. The number of carbonyl (C=O) groups excluding carboxylic acids is 1. The van der Waals surface area contributed by atoms with Crippen LogP contribution in [0.2, 0.25) is 0 Å². The van der Waals surface area contributed by atoms with Gasteiger partial charge in [0.1, 0.15) is 0 Å². The summed E-state index contributed by atoms with van der Waals surface area (Å²) < 4.78 is 1.03. The number of nitrogens with two attached hydrogens (primary N) is 1. The lowest BCUT2D eigenvalue weighted by molar-refractivity contribution is -0.116. The van der Waals surface area contributed by atoms with Gasteiger partial charge in [0.15, 0.2) is 0 Å². The van der Waals surface area contributed by atoms with Gasteiger partial charge in [0.2, 0.25) is 5.91 Å². The van der Waals surface area contributed by atoms with Crippen LogP contribution in [0, 0.1) is 0 Å². The van der Waals surface area contributed by atoms with E-state index in [0.29, 0.717) is 12.1 Å². The van der Waals surface area contributed by atoms with Crippen molar-refractivity contribution in [1.82, 2.24) is 0 Å². The van der Waals surface area contributed by atoms with E-state index in [1.165, 1.54) is 0 Å². The second kappa shape index (κ2) is 5.17. The van der Waals surface area contributed by atoms with Crippen molar-refractivity contribution in [3.05, 3.63) is 46.4 Å². The Labute approximate surface area is 125 Å². The van der Waals surface area contributed by atoms with Gasteiger partial charge >= 0.3 is 0 Å². The van der Waals surface area contributed by atoms with Crippen LogP contribution >= 0.6 is 15.9 Å². The smallest absolute Gasteiger partial charge is 0.224 e. The Balaban J connectivity index is 1.90. The molecule has 1 amide bonds. The van der Waals surface area contributed by atoms with Crippen LogP contribution in [0.4, 0.5) is 22.7 Å². The monoisotopic (exact) mass is 331 g/mol.